The average Bonchev–Trinajstić information content (AvgIpc) is 2.80. The molecule has 0 radical (unpaired) electrons. The largest absolute Gasteiger partial charge is 0.615 e. The van der Waals surface area contributed by atoms with Gasteiger partial charge in [-0.2, -0.15) is 0 Å². The smallest absolute Gasteiger partial charge is 0.203 e. The lowest BCUT2D eigenvalue weighted by Crippen LogP contribution is -2.59. The molecule has 0 aromatic rings. The highest BCUT2D eigenvalue weighted by Gasteiger charge is 2.69. The van der Waals surface area contributed by atoms with Crippen LogP contribution < -0.4 is 0 Å². The predicted molar refractivity (Wildman–Crippen MR) is 101 cm³/mol. The zero-order valence-electron chi connectivity index (χ0n) is 15.1. The standard InChI is InChI=1S/C20H27ClO3S/c1-18-8-6-13(22)10-12(18)4-5-14-15-7-9-20(21,25(3)24)19(15,2)11-16(23)17(14)18/h6,8,10,14-17,23H,4-5,7,9,11H2,1-3H3/t14-,15-,16-,17+,18-,19-,20-,25+/m0/s1. The van der Waals surface area contributed by atoms with E-state index in [1.54, 1.807) is 18.4 Å². The molecule has 0 unspecified atom stereocenters. The van der Waals surface area contributed by atoms with Crippen LogP contribution in [0.25, 0.3) is 0 Å². The minimum Gasteiger partial charge on any atom is -0.615 e. The number of aliphatic hydroxyl groups is 1. The summed E-state index contributed by atoms with van der Waals surface area (Å²) in [6.45, 7) is 4.32. The van der Waals surface area contributed by atoms with E-state index >= 15 is 0 Å². The fourth-order valence-corrected chi connectivity index (χ4v) is 8.36. The van der Waals surface area contributed by atoms with Crippen molar-refractivity contribution in [1.82, 2.24) is 0 Å². The van der Waals surface area contributed by atoms with E-state index in [0.29, 0.717) is 18.3 Å². The van der Waals surface area contributed by atoms with Gasteiger partial charge >= 0.3 is 0 Å². The van der Waals surface area contributed by atoms with E-state index < -0.39 is 21.5 Å². The molecular formula is C20H27ClO3S. The van der Waals surface area contributed by atoms with E-state index in [2.05, 4.69) is 13.8 Å². The molecule has 8 atom stereocenters. The number of halogens is 1. The fraction of sp³-hybridized carbons (Fsp3) is 0.750. The monoisotopic (exact) mass is 382 g/mol. The molecule has 3 nitrogen and oxygen atoms in total. The summed E-state index contributed by atoms with van der Waals surface area (Å²) in [5, 5.41) is 11.2. The van der Waals surface area contributed by atoms with E-state index in [1.807, 2.05) is 6.08 Å². The summed E-state index contributed by atoms with van der Waals surface area (Å²) in [7, 11) is 0. The van der Waals surface area contributed by atoms with E-state index in [1.165, 1.54) is 0 Å². The molecule has 0 bridgehead atoms. The van der Waals surface area contributed by atoms with Crippen molar-refractivity contribution < 1.29 is 14.5 Å². The molecule has 138 valence electrons. The Labute approximate surface area is 158 Å². The zero-order valence-corrected chi connectivity index (χ0v) is 16.7. The molecule has 0 aromatic heterocycles. The second-order valence-corrected chi connectivity index (χ2v) is 11.4. The zero-order chi connectivity index (χ0) is 18.2. The minimum atomic E-state index is -1.13. The normalized spacial score (nSPS) is 52.9. The van der Waals surface area contributed by atoms with Crippen molar-refractivity contribution in [2.45, 2.75) is 56.3 Å². The summed E-state index contributed by atoms with van der Waals surface area (Å²) < 4.78 is 11.7. The van der Waals surface area contributed by atoms with Gasteiger partial charge < -0.3 is 9.66 Å². The number of carbonyl (C=O) groups excluding carboxylic acids is 1. The fourth-order valence-electron chi connectivity index (χ4n) is 6.73. The highest BCUT2D eigenvalue weighted by atomic mass is 35.5. The molecule has 1 N–H and O–H groups in total. The Morgan fingerprint density at radius 3 is 2.76 bits per heavy atom. The Morgan fingerprint density at radius 1 is 1.36 bits per heavy atom. The molecule has 0 aliphatic heterocycles. The van der Waals surface area contributed by atoms with E-state index in [-0.39, 0.29) is 22.5 Å². The maximum Gasteiger partial charge on any atom is 0.203 e. The Morgan fingerprint density at radius 2 is 2.08 bits per heavy atom. The number of carbonyl (C=O) groups is 1. The SMILES string of the molecule is C[S@@+]([O-])[C@@]1(Cl)CC[C@H]2[C@@H]3CCC4=CC(=O)C=C[C@]4(C)[C@H]3[C@@H](O)C[C@@]21C. The van der Waals surface area contributed by atoms with Gasteiger partial charge in [0.1, 0.15) is 0 Å². The highest BCUT2D eigenvalue weighted by molar-refractivity contribution is 7.93. The molecule has 3 fully saturated rings. The topological polar surface area (TPSA) is 60.4 Å². The Balaban J connectivity index is 1.75. The number of hydrogen-bond acceptors (Lipinski definition) is 3. The van der Waals surface area contributed by atoms with Gasteiger partial charge in [0, 0.05) is 23.2 Å². The van der Waals surface area contributed by atoms with Crippen LogP contribution >= 0.6 is 11.6 Å². The number of allylic oxidation sites excluding steroid dienone is 4. The lowest BCUT2D eigenvalue weighted by atomic mass is 9.47. The summed E-state index contributed by atoms with van der Waals surface area (Å²) >= 11 is 5.80. The number of rotatable bonds is 1. The summed E-state index contributed by atoms with van der Waals surface area (Å²) in [5.41, 5.74) is 0.610. The van der Waals surface area contributed by atoms with Crippen LogP contribution in [0.15, 0.2) is 23.8 Å². The van der Waals surface area contributed by atoms with Crippen LogP contribution in [0, 0.1) is 28.6 Å². The second-order valence-electron chi connectivity index (χ2n) is 8.93. The minimum absolute atomic E-state index is 0.0584. The van der Waals surface area contributed by atoms with Gasteiger partial charge in [0.05, 0.1) is 12.4 Å². The van der Waals surface area contributed by atoms with E-state index in [9.17, 15) is 14.5 Å². The van der Waals surface area contributed by atoms with Crippen molar-refractivity contribution in [2.75, 3.05) is 6.26 Å². The first-order valence-corrected chi connectivity index (χ1v) is 11.2. The first-order valence-electron chi connectivity index (χ1n) is 9.28. The number of aliphatic hydroxyl groups excluding tert-OH is 1. The summed E-state index contributed by atoms with van der Waals surface area (Å²) in [5.74, 6) is 0.909. The number of ketones is 1. The van der Waals surface area contributed by atoms with E-state index in [4.69, 9.17) is 11.6 Å². The van der Waals surface area contributed by atoms with Crippen LogP contribution in [-0.2, 0) is 16.0 Å². The van der Waals surface area contributed by atoms with Crippen molar-refractivity contribution in [3.63, 3.8) is 0 Å². The third-order valence-corrected chi connectivity index (χ3v) is 10.8. The second kappa shape index (κ2) is 5.60. The molecule has 0 amide bonds. The molecule has 3 saturated carbocycles. The Kier molecular flexibility index (Phi) is 4.06. The van der Waals surface area contributed by atoms with E-state index in [0.717, 1.165) is 31.3 Å². The number of fused-ring (bicyclic) bond motifs is 5. The molecule has 4 rings (SSSR count). The average molecular weight is 383 g/mol. The third kappa shape index (κ3) is 2.24. The molecule has 4 aliphatic rings. The van der Waals surface area contributed by atoms with Crippen LogP contribution in [0.5, 0.6) is 0 Å². The van der Waals surface area contributed by atoms with Crippen molar-refractivity contribution >= 4 is 28.6 Å². The molecule has 5 heteroatoms. The number of alkyl halides is 1. The van der Waals surface area contributed by atoms with Crippen LogP contribution in [0.3, 0.4) is 0 Å². The van der Waals surface area contributed by atoms with Gasteiger partial charge in [-0.1, -0.05) is 37.1 Å². The summed E-state index contributed by atoms with van der Waals surface area (Å²) in [6.07, 6.45) is 10.9. The maximum atomic E-state index is 12.5. The lowest BCUT2D eigenvalue weighted by molar-refractivity contribution is -0.114. The van der Waals surface area contributed by atoms with Gasteiger partial charge in [-0.15, -0.1) is 0 Å². The quantitative estimate of drug-likeness (QED) is 0.557. The van der Waals surface area contributed by atoms with Crippen molar-refractivity contribution in [3.8, 4) is 0 Å². The van der Waals surface area contributed by atoms with Crippen LogP contribution in [0.2, 0.25) is 0 Å². The van der Waals surface area contributed by atoms with Crippen LogP contribution in [-0.4, -0.2) is 32.0 Å². The van der Waals surface area contributed by atoms with Gasteiger partial charge in [0.2, 0.25) is 4.21 Å². The van der Waals surface area contributed by atoms with Crippen molar-refractivity contribution in [3.05, 3.63) is 23.8 Å². The first kappa shape index (κ1) is 18.1. The van der Waals surface area contributed by atoms with Gasteiger partial charge in [0.25, 0.3) is 0 Å². The molecule has 0 aromatic carbocycles. The molecule has 0 spiro atoms. The van der Waals surface area contributed by atoms with Gasteiger partial charge in [-0.05, 0) is 60.8 Å². The van der Waals surface area contributed by atoms with Gasteiger partial charge in [-0.3, -0.25) is 4.79 Å². The highest BCUT2D eigenvalue weighted by Crippen LogP contribution is 2.69. The van der Waals surface area contributed by atoms with Crippen LogP contribution in [0.4, 0.5) is 0 Å². The number of hydrogen-bond donors (Lipinski definition) is 1. The van der Waals surface area contributed by atoms with Gasteiger partial charge in [0.15, 0.2) is 5.78 Å². The molecule has 0 heterocycles. The third-order valence-electron chi connectivity index (χ3n) is 7.97. The predicted octanol–water partition coefficient (Wildman–Crippen LogP) is 3.58. The molecule has 0 saturated heterocycles. The first-order chi connectivity index (χ1) is 11.6. The van der Waals surface area contributed by atoms with Gasteiger partial charge in [-0.25, -0.2) is 0 Å². The summed E-state index contributed by atoms with van der Waals surface area (Å²) in [4.78, 5) is 11.8. The van der Waals surface area contributed by atoms with Crippen LogP contribution in [0.1, 0.15) is 46.0 Å². The Bertz CT molecular complexity index is 674. The molecule has 4 aliphatic carbocycles. The molecular weight excluding hydrogens is 356 g/mol. The van der Waals surface area contributed by atoms with Crippen molar-refractivity contribution in [1.29, 1.82) is 0 Å². The lowest BCUT2D eigenvalue weighted by Gasteiger charge is -2.59. The van der Waals surface area contributed by atoms with Crippen molar-refractivity contribution in [2.24, 2.45) is 28.6 Å². The molecule has 25 heavy (non-hydrogen) atoms. The summed E-state index contributed by atoms with van der Waals surface area (Å²) in [6, 6.07) is 0. The maximum absolute atomic E-state index is 12.5. The Hall–Kier alpha value is -0.290.